The molecule has 1 saturated carbocycles. The van der Waals surface area contributed by atoms with Gasteiger partial charge in [0.1, 0.15) is 5.78 Å². The molecule has 0 aliphatic heterocycles. The van der Waals surface area contributed by atoms with Gasteiger partial charge in [-0.25, -0.2) is 0 Å². The maximum absolute atomic E-state index is 12.3. The largest absolute Gasteiger partial charge is 0.360 e. The molecule has 0 heterocycles. The lowest BCUT2D eigenvalue weighted by Gasteiger charge is -2.27. The lowest BCUT2D eigenvalue weighted by Crippen LogP contribution is -2.19. The topological polar surface area (TPSA) is 52.6 Å². The molecule has 4 nitrogen and oxygen atoms in total. The standard InChI is InChI=1S/C16H23O4P/c1-12(17)13-4-6-14(7-5-13)15-8-10-16(11-9-15)21(18,19-2)20-3/h8-11,13-14H,4-7H2,1-3H3. The van der Waals surface area contributed by atoms with Gasteiger partial charge in [0.15, 0.2) is 0 Å². The summed E-state index contributed by atoms with van der Waals surface area (Å²) in [7, 11) is -0.381. The SMILES string of the molecule is COP(=O)(OC)c1ccc(C2CCC(C(C)=O)CC2)cc1. The summed E-state index contributed by atoms with van der Waals surface area (Å²) in [5, 5.41) is 0.577. The van der Waals surface area contributed by atoms with E-state index < -0.39 is 7.60 Å². The van der Waals surface area contributed by atoms with Crippen molar-refractivity contribution in [3.63, 3.8) is 0 Å². The van der Waals surface area contributed by atoms with Crippen molar-refractivity contribution in [2.45, 2.75) is 38.5 Å². The first kappa shape index (κ1) is 16.4. The average Bonchev–Trinajstić information content (AvgIpc) is 2.54. The molecule has 1 aliphatic carbocycles. The van der Waals surface area contributed by atoms with Crippen LogP contribution in [-0.2, 0) is 18.4 Å². The van der Waals surface area contributed by atoms with Gasteiger partial charge in [-0.3, -0.25) is 9.36 Å². The van der Waals surface area contributed by atoms with Crippen molar-refractivity contribution in [2.75, 3.05) is 14.2 Å². The van der Waals surface area contributed by atoms with Crippen LogP contribution >= 0.6 is 7.60 Å². The molecule has 0 saturated heterocycles. The zero-order valence-corrected chi connectivity index (χ0v) is 13.8. The van der Waals surface area contributed by atoms with Crippen LogP contribution in [0.4, 0.5) is 0 Å². The monoisotopic (exact) mass is 310 g/mol. The maximum Gasteiger partial charge on any atom is 0.360 e. The van der Waals surface area contributed by atoms with Crippen molar-refractivity contribution < 1.29 is 18.4 Å². The molecule has 116 valence electrons. The number of carbonyl (C=O) groups excluding carboxylic acids is 1. The summed E-state index contributed by atoms with van der Waals surface area (Å²) in [6.07, 6.45) is 4.01. The Morgan fingerprint density at radius 1 is 1.05 bits per heavy atom. The Kier molecular flexibility index (Phi) is 5.37. The summed E-state index contributed by atoms with van der Waals surface area (Å²) < 4.78 is 22.3. The Hall–Kier alpha value is -0.960. The average molecular weight is 310 g/mol. The Morgan fingerprint density at radius 2 is 1.57 bits per heavy atom. The Balaban J connectivity index is 2.07. The molecular weight excluding hydrogens is 287 g/mol. The van der Waals surface area contributed by atoms with Crippen LogP contribution < -0.4 is 5.30 Å². The zero-order chi connectivity index (χ0) is 15.5. The van der Waals surface area contributed by atoms with Crippen molar-refractivity contribution in [1.82, 2.24) is 0 Å². The van der Waals surface area contributed by atoms with Gasteiger partial charge in [0.05, 0.1) is 5.30 Å². The molecule has 0 spiro atoms. The zero-order valence-electron chi connectivity index (χ0n) is 12.9. The molecule has 1 fully saturated rings. The second kappa shape index (κ2) is 6.87. The van der Waals surface area contributed by atoms with Crippen LogP contribution in [0.5, 0.6) is 0 Å². The van der Waals surface area contributed by atoms with Gasteiger partial charge < -0.3 is 9.05 Å². The van der Waals surface area contributed by atoms with Crippen LogP contribution in [0.3, 0.4) is 0 Å². The van der Waals surface area contributed by atoms with Crippen LogP contribution in [0.2, 0.25) is 0 Å². The molecule has 1 aromatic rings. The van der Waals surface area contributed by atoms with Crippen molar-refractivity contribution in [3.05, 3.63) is 29.8 Å². The number of carbonyl (C=O) groups is 1. The number of benzene rings is 1. The smallest absolute Gasteiger partial charge is 0.309 e. The van der Waals surface area contributed by atoms with Gasteiger partial charge in [0, 0.05) is 20.1 Å². The van der Waals surface area contributed by atoms with Gasteiger partial charge in [-0.1, -0.05) is 12.1 Å². The van der Waals surface area contributed by atoms with E-state index in [9.17, 15) is 9.36 Å². The second-order valence-corrected chi connectivity index (χ2v) is 7.85. The van der Waals surface area contributed by atoms with Crippen LogP contribution in [0.1, 0.15) is 44.1 Å². The van der Waals surface area contributed by atoms with Crippen LogP contribution in [0, 0.1) is 5.92 Å². The predicted molar refractivity (Wildman–Crippen MR) is 83.1 cm³/mol. The van der Waals surface area contributed by atoms with Gasteiger partial charge in [-0.15, -0.1) is 0 Å². The Bertz CT molecular complexity index is 522. The minimum Gasteiger partial charge on any atom is -0.309 e. The molecule has 0 bridgehead atoms. The van der Waals surface area contributed by atoms with E-state index in [2.05, 4.69) is 0 Å². The van der Waals surface area contributed by atoms with Crippen LogP contribution in [0.25, 0.3) is 0 Å². The lowest BCUT2D eigenvalue weighted by atomic mass is 9.77. The number of rotatable bonds is 5. The first-order valence-corrected chi connectivity index (χ1v) is 8.87. The van der Waals surface area contributed by atoms with Crippen molar-refractivity contribution in [1.29, 1.82) is 0 Å². The second-order valence-electron chi connectivity index (χ2n) is 5.61. The molecule has 1 aliphatic rings. The van der Waals surface area contributed by atoms with Gasteiger partial charge in [-0.05, 0) is 56.2 Å². The van der Waals surface area contributed by atoms with Crippen molar-refractivity contribution >= 4 is 18.7 Å². The highest BCUT2D eigenvalue weighted by atomic mass is 31.2. The molecule has 2 rings (SSSR count). The lowest BCUT2D eigenvalue weighted by molar-refractivity contribution is -0.121. The molecule has 21 heavy (non-hydrogen) atoms. The van der Waals surface area contributed by atoms with Crippen LogP contribution in [0.15, 0.2) is 24.3 Å². The van der Waals surface area contributed by atoms with Gasteiger partial charge in [-0.2, -0.15) is 0 Å². The van der Waals surface area contributed by atoms with E-state index in [1.165, 1.54) is 19.8 Å². The first-order valence-electron chi connectivity index (χ1n) is 7.32. The van der Waals surface area contributed by atoms with E-state index in [0.717, 1.165) is 25.7 Å². The highest BCUT2D eigenvalue weighted by molar-refractivity contribution is 7.62. The molecule has 0 amide bonds. The molecule has 0 atom stereocenters. The highest BCUT2D eigenvalue weighted by Gasteiger charge is 2.27. The minimum absolute atomic E-state index is 0.239. The van der Waals surface area contributed by atoms with E-state index in [4.69, 9.17) is 9.05 Å². The summed E-state index contributed by atoms with van der Waals surface area (Å²) in [5.41, 5.74) is 1.24. The highest BCUT2D eigenvalue weighted by Crippen LogP contribution is 2.45. The van der Waals surface area contributed by atoms with E-state index in [0.29, 0.717) is 17.0 Å². The Morgan fingerprint density at radius 3 is 2.00 bits per heavy atom. The quantitative estimate of drug-likeness (QED) is 0.779. The van der Waals surface area contributed by atoms with E-state index in [1.807, 2.05) is 24.3 Å². The number of hydrogen-bond acceptors (Lipinski definition) is 4. The van der Waals surface area contributed by atoms with Crippen molar-refractivity contribution in [2.24, 2.45) is 5.92 Å². The van der Waals surface area contributed by atoms with Gasteiger partial charge in [0.25, 0.3) is 0 Å². The molecule has 0 aromatic heterocycles. The molecule has 0 radical (unpaired) electrons. The third kappa shape index (κ3) is 3.63. The van der Waals surface area contributed by atoms with Crippen LogP contribution in [-0.4, -0.2) is 20.0 Å². The molecule has 0 unspecified atom stereocenters. The fourth-order valence-corrected chi connectivity index (χ4v) is 4.13. The third-order valence-electron chi connectivity index (χ3n) is 4.46. The van der Waals surface area contributed by atoms with Gasteiger partial charge in [0.2, 0.25) is 0 Å². The fourth-order valence-electron chi connectivity index (χ4n) is 3.05. The minimum atomic E-state index is -3.16. The normalized spacial score (nSPS) is 23.0. The number of ketones is 1. The van der Waals surface area contributed by atoms with Crippen molar-refractivity contribution in [3.8, 4) is 0 Å². The Labute approximate surface area is 126 Å². The van der Waals surface area contributed by atoms with E-state index in [-0.39, 0.29) is 5.92 Å². The van der Waals surface area contributed by atoms with E-state index >= 15 is 0 Å². The molecule has 0 N–H and O–H groups in total. The summed E-state index contributed by atoms with van der Waals surface area (Å²) in [4.78, 5) is 11.4. The van der Waals surface area contributed by atoms with E-state index in [1.54, 1.807) is 6.92 Å². The maximum atomic E-state index is 12.3. The predicted octanol–water partition coefficient (Wildman–Crippen LogP) is 3.66. The summed E-state index contributed by atoms with van der Waals surface area (Å²) >= 11 is 0. The molecule has 1 aromatic carbocycles. The number of hydrogen-bond donors (Lipinski definition) is 0. The summed E-state index contributed by atoms with van der Waals surface area (Å²) in [6.45, 7) is 1.69. The number of Topliss-reactive ketones (excluding diaryl/α,β-unsaturated/α-hetero) is 1. The molecule has 5 heteroatoms. The summed E-state index contributed by atoms with van der Waals surface area (Å²) in [6, 6.07) is 7.64. The van der Waals surface area contributed by atoms with Gasteiger partial charge >= 0.3 is 7.60 Å². The third-order valence-corrected chi connectivity index (χ3v) is 6.36. The molecular formula is C16H23O4P. The fraction of sp³-hybridized carbons (Fsp3) is 0.562. The first-order chi connectivity index (χ1) is 10.00. The summed E-state index contributed by atoms with van der Waals surface area (Å²) in [5.74, 6) is 1.03.